The van der Waals surface area contributed by atoms with Gasteiger partial charge in [-0.1, -0.05) is 0 Å². The van der Waals surface area contributed by atoms with Crippen LogP contribution in [0, 0.1) is 0 Å². The van der Waals surface area contributed by atoms with Gasteiger partial charge in [0.25, 0.3) is 5.92 Å². The van der Waals surface area contributed by atoms with Gasteiger partial charge in [0.15, 0.2) is 0 Å². The standard InChI is InChI=1S/C11H21F2N3/c1-15-7-4-14-8-10(15)2-5-16-6-3-11(12,13)9-16/h10,14H,2-9H2,1H3. The maximum absolute atomic E-state index is 13.0. The Morgan fingerprint density at radius 3 is 2.81 bits per heavy atom. The Labute approximate surface area is 95.8 Å². The molecule has 2 heterocycles. The molecule has 2 rings (SSSR count). The molecule has 1 unspecified atom stereocenters. The van der Waals surface area contributed by atoms with Crippen molar-refractivity contribution in [2.24, 2.45) is 0 Å². The first kappa shape index (κ1) is 12.2. The fourth-order valence-electron chi connectivity index (χ4n) is 2.51. The second-order valence-electron chi connectivity index (χ2n) is 5.01. The number of halogens is 2. The van der Waals surface area contributed by atoms with E-state index >= 15 is 0 Å². The third kappa shape index (κ3) is 3.12. The molecule has 0 spiro atoms. The summed E-state index contributed by atoms with van der Waals surface area (Å²) in [6.45, 7) is 4.39. The zero-order valence-corrected chi connectivity index (χ0v) is 9.88. The molecular formula is C11H21F2N3. The van der Waals surface area contributed by atoms with Gasteiger partial charge in [0.05, 0.1) is 6.54 Å². The minimum absolute atomic E-state index is 0.0335. The van der Waals surface area contributed by atoms with Crippen molar-refractivity contribution in [1.82, 2.24) is 15.1 Å². The Balaban J connectivity index is 1.71. The highest BCUT2D eigenvalue weighted by molar-refractivity contribution is 4.84. The number of piperazine rings is 1. The van der Waals surface area contributed by atoms with Gasteiger partial charge < -0.3 is 10.2 Å². The highest BCUT2D eigenvalue weighted by Gasteiger charge is 2.38. The Hall–Kier alpha value is -0.260. The zero-order chi connectivity index (χ0) is 11.6. The quantitative estimate of drug-likeness (QED) is 0.771. The van der Waals surface area contributed by atoms with Gasteiger partial charge in [-0.25, -0.2) is 8.78 Å². The van der Waals surface area contributed by atoms with Gasteiger partial charge >= 0.3 is 0 Å². The Kier molecular flexibility index (Phi) is 3.77. The monoisotopic (exact) mass is 233 g/mol. The van der Waals surface area contributed by atoms with E-state index in [0.717, 1.165) is 32.6 Å². The number of nitrogens with one attached hydrogen (secondary N) is 1. The molecule has 0 aromatic rings. The summed E-state index contributed by atoms with van der Waals surface area (Å²) in [6.07, 6.45) is 1.02. The van der Waals surface area contributed by atoms with Crippen LogP contribution in [0.5, 0.6) is 0 Å². The number of rotatable bonds is 3. The lowest BCUT2D eigenvalue weighted by Crippen LogP contribution is -2.50. The summed E-state index contributed by atoms with van der Waals surface area (Å²) >= 11 is 0. The largest absolute Gasteiger partial charge is 0.314 e. The molecule has 0 bridgehead atoms. The second-order valence-corrected chi connectivity index (χ2v) is 5.01. The third-order valence-electron chi connectivity index (χ3n) is 3.67. The van der Waals surface area contributed by atoms with Crippen molar-refractivity contribution < 1.29 is 8.78 Å². The van der Waals surface area contributed by atoms with Crippen molar-refractivity contribution in [2.75, 3.05) is 46.3 Å². The smallest absolute Gasteiger partial charge is 0.261 e. The van der Waals surface area contributed by atoms with Crippen LogP contribution in [0.2, 0.25) is 0 Å². The molecule has 0 aromatic carbocycles. The maximum atomic E-state index is 13.0. The van der Waals surface area contributed by atoms with Gasteiger partial charge in [-0.05, 0) is 20.0 Å². The number of hydrogen-bond acceptors (Lipinski definition) is 3. The summed E-state index contributed by atoms with van der Waals surface area (Å²) in [4.78, 5) is 4.22. The van der Waals surface area contributed by atoms with E-state index in [0.29, 0.717) is 12.6 Å². The lowest BCUT2D eigenvalue weighted by Gasteiger charge is -2.34. The van der Waals surface area contributed by atoms with Gasteiger partial charge in [-0.3, -0.25) is 4.90 Å². The molecule has 2 fully saturated rings. The number of hydrogen-bond donors (Lipinski definition) is 1. The van der Waals surface area contributed by atoms with E-state index in [1.54, 1.807) is 0 Å². The van der Waals surface area contributed by atoms with Crippen LogP contribution >= 0.6 is 0 Å². The van der Waals surface area contributed by atoms with Crippen LogP contribution in [0.3, 0.4) is 0 Å². The minimum atomic E-state index is -2.45. The molecule has 2 aliphatic rings. The van der Waals surface area contributed by atoms with Crippen LogP contribution in [0.25, 0.3) is 0 Å². The molecule has 0 saturated carbocycles. The van der Waals surface area contributed by atoms with Crippen molar-refractivity contribution in [1.29, 1.82) is 0 Å². The van der Waals surface area contributed by atoms with Crippen molar-refractivity contribution in [3.8, 4) is 0 Å². The zero-order valence-electron chi connectivity index (χ0n) is 9.88. The Morgan fingerprint density at radius 1 is 1.38 bits per heavy atom. The first-order valence-corrected chi connectivity index (χ1v) is 6.08. The summed E-state index contributed by atoms with van der Waals surface area (Å²) in [7, 11) is 2.12. The van der Waals surface area contributed by atoms with Crippen molar-refractivity contribution in [3.05, 3.63) is 0 Å². The van der Waals surface area contributed by atoms with E-state index in [9.17, 15) is 8.78 Å². The molecule has 0 aliphatic carbocycles. The van der Waals surface area contributed by atoms with E-state index in [2.05, 4.69) is 17.3 Å². The highest BCUT2D eigenvalue weighted by atomic mass is 19.3. The predicted molar refractivity (Wildman–Crippen MR) is 59.9 cm³/mol. The number of likely N-dealkylation sites (tertiary alicyclic amines) is 1. The fraction of sp³-hybridized carbons (Fsp3) is 1.00. The van der Waals surface area contributed by atoms with E-state index in [1.165, 1.54) is 0 Å². The molecule has 0 amide bonds. The average Bonchev–Trinajstić information content (AvgIpc) is 2.57. The Morgan fingerprint density at radius 2 is 2.19 bits per heavy atom. The van der Waals surface area contributed by atoms with Crippen LogP contribution in [0.15, 0.2) is 0 Å². The minimum Gasteiger partial charge on any atom is -0.314 e. The predicted octanol–water partition coefficient (Wildman–Crippen LogP) is 0.621. The molecular weight excluding hydrogens is 212 g/mol. The van der Waals surface area contributed by atoms with Crippen molar-refractivity contribution >= 4 is 0 Å². The topological polar surface area (TPSA) is 18.5 Å². The van der Waals surface area contributed by atoms with Crippen molar-refractivity contribution in [2.45, 2.75) is 24.8 Å². The average molecular weight is 233 g/mol. The van der Waals surface area contributed by atoms with Gasteiger partial charge in [0.1, 0.15) is 0 Å². The molecule has 0 aromatic heterocycles. The van der Waals surface area contributed by atoms with Crippen LogP contribution in [-0.2, 0) is 0 Å². The van der Waals surface area contributed by atoms with Crippen molar-refractivity contribution in [3.63, 3.8) is 0 Å². The summed E-state index contributed by atoms with van der Waals surface area (Å²) in [5.41, 5.74) is 0. The van der Waals surface area contributed by atoms with Gasteiger partial charge in [-0.15, -0.1) is 0 Å². The fourth-order valence-corrected chi connectivity index (χ4v) is 2.51. The molecule has 0 radical (unpaired) electrons. The SMILES string of the molecule is CN1CCNCC1CCN1CCC(F)(F)C1. The molecule has 94 valence electrons. The number of nitrogens with zero attached hydrogens (tertiary/aromatic N) is 2. The summed E-state index contributed by atoms with van der Waals surface area (Å²) in [6, 6.07) is 0.503. The molecule has 5 heteroatoms. The molecule has 1 N–H and O–H groups in total. The molecule has 2 saturated heterocycles. The lowest BCUT2D eigenvalue weighted by atomic mass is 10.1. The van der Waals surface area contributed by atoms with Gasteiger partial charge in [0.2, 0.25) is 0 Å². The van der Waals surface area contributed by atoms with Crippen LogP contribution in [-0.4, -0.2) is 68.1 Å². The van der Waals surface area contributed by atoms with E-state index in [4.69, 9.17) is 0 Å². The molecule has 2 aliphatic heterocycles. The normalized spacial score (nSPS) is 32.1. The lowest BCUT2D eigenvalue weighted by molar-refractivity contribution is 0.0114. The third-order valence-corrected chi connectivity index (χ3v) is 3.67. The number of alkyl halides is 2. The van der Waals surface area contributed by atoms with Crippen LogP contribution < -0.4 is 5.32 Å². The highest BCUT2D eigenvalue weighted by Crippen LogP contribution is 2.26. The first-order valence-electron chi connectivity index (χ1n) is 6.08. The van der Waals surface area contributed by atoms with E-state index < -0.39 is 5.92 Å². The maximum Gasteiger partial charge on any atom is 0.261 e. The van der Waals surface area contributed by atoms with E-state index in [1.807, 2.05) is 4.90 Å². The van der Waals surface area contributed by atoms with Gasteiger partial charge in [-0.2, -0.15) is 0 Å². The van der Waals surface area contributed by atoms with Crippen LogP contribution in [0.1, 0.15) is 12.8 Å². The Bertz CT molecular complexity index is 235. The van der Waals surface area contributed by atoms with E-state index in [-0.39, 0.29) is 13.0 Å². The molecule has 3 nitrogen and oxygen atoms in total. The molecule has 1 atom stereocenters. The van der Waals surface area contributed by atoms with Gasteiger partial charge in [0, 0.05) is 38.6 Å². The summed E-state index contributed by atoms with van der Waals surface area (Å²) in [5.74, 6) is -2.45. The summed E-state index contributed by atoms with van der Waals surface area (Å²) < 4.78 is 25.9. The van der Waals surface area contributed by atoms with Crippen LogP contribution in [0.4, 0.5) is 8.78 Å². The second kappa shape index (κ2) is 4.94. The first-order chi connectivity index (χ1) is 7.57. The number of likely N-dealkylation sites (N-methyl/N-ethyl adjacent to an activating group) is 1. The molecule has 16 heavy (non-hydrogen) atoms. The summed E-state index contributed by atoms with van der Waals surface area (Å²) in [5, 5.41) is 3.35.